The molecule has 140 valence electrons. The molecule has 2 amide bonds. The Morgan fingerprint density at radius 2 is 2.08 bits per heavy atom. The zero-order valence-electron chi connectivity index (χ0n) is 14.9. The van der Waals surface area contributed by atoms with Gasteiger partial charge in [-0.05, 0) is 12.3 Å². The number of amides is 2. The van der Waals surface area contributed by atoms with Gasteiger partial charge in [-0.25, -0.2) is 0 Å². The molecule has 0 spiro atoms. The fraction of sp³-hybridized carbons (Fsp3) is 0.750. The van der Waals surface area contributed by atoms with Crippen LogP contribution in [0.3, 0.4) is 0 Å². The molecule has 25 heavy (non-hydrogen) atoms. The van der Waals surface area contributed by atoms with Crippen molar-refractivity contribution in [1.29, 1.82) is 0 Å². The summed E-state index contributed by atoms with van der Waals surface area (Å²) in [5.41, 5.74) is 0. The van der Waals surface area contributed by atoms with Gasteiger partial charge in [-0.3, -0.25) is 14.5 Å². The molecule has 8 nitrogen and oxygen atoms in total. The molecule has 1 fully saturated rings. The highest BCUT2D eigenvalue weighted by Crippen LogP contribution is 2.16. The molecular weight excluding hydrogens is 325 g/mol. The highest BCUT2D eigenvalue weighted by Gasteiger charge is 2.30. The van der Waals surface area contributed by atoms with E-state index in [1.54, 1.807) is 6.20 Å². The molecule has 0 aromatic carbocycles. The van der Waals surface area contributed by atoms with E-state index < -0.39 is 19.0 Å². The van der Waals surface area contributed by atoms with E-state index in [1.165, 1.54) is 4.90 Å². The molecular formula is C16H28BN3O5. The van der Waals surface area contributed by atoms with Crippen molar-refractivity contribution in [1.82, 2.24) is 15.1 Å². The van der Waals surface area contributed by atoms with Crippen LogP contribution in [-0.2, 0) is 14.3 Å². The number of carbonyl (C=O) groups is 2. The minimum Gasteiger partial charge on any atom is -0.426 e. The predicted octanol–water partition coefficient (Wildman–Crippen LogP) is -1.02. The Hall–Kier alpha value is -1.42. The highest BCUT2D eigenvalue weighted by molar-refractivity contribution is 6.43. The van der Waals surface area contributed by atoms with Gasteiger partial charge in [0, 0.05) is 31.8 Å². The van der Waals surface area contributed by atoms with Gasteiger partial charge in [0.15, 0.2) is 0 Å². The van der Waals surface area contributed by atoms with Crippen LogP contribution in [0.1, 0.15) is 26.7 Å². The van der Waals surface area contributed by atoms with Crippen molar-refractivity contribution in [3.63, 3.8) is 0 Å². The van der Waals surface area contributed by atoms with Gasteiger partial charge in [0.1, 0.15) is 6.54 Å². The Morgan fingerprint density at radius 3 is 2.64 bits per heavy atom. The van der Waals surface area contributed by atoms with E-state index in [4.69, 9.17) is 4.74 Å². The minimum absolute atomic E-state index is 0.0451. The molecule has 3 N–H and O–H groups in total. The molecule has 0 aromatic heterocycles. The SMILES string of the molecule is CC(C)C[C@H](NC(=O)CN1C=CC(N2CCOCC2)CC1=O)B(O)O. The van der Waals surface area contributed by atoms with Crippen LogP contribution in [0.4, 0.5) is 0 Å². The number of nitrogens with zero attached hydrogens (tertiary/aromatic N) is 2. The van der Waals surface area contributed by atoms with E-state index in [-0.39, 0.29) is 24.4 Å². The van der Waals surface area contributed by atoms with E-state index in [2.05, 4.69) is 10.2 Å². The smallest absolute Gasteiger partial charge is 0.426 e. The van der Waals surface area contributed by atoms with E-state index in [0.717, 1.165) is 13.1 Å². The number of rotatable bonds is 7. The number of morpholine rings is 1. The third-order valence-corrected chi connectivity index (χ3v) is 4.45. The van der Waals surface area contributed by atoms with Crippen molar-refractivity contribution in [2.75, 3.05) is 32.8 Å². The van der Waals surface area contributed by atoms with E-state index in [0.29, 0.717) is 26.1 Å². The maximum atomic E-state index is 12.3. The third kappa shape index (κ3) is 6.11. The average molecular weight is 353 g/mol. The third-order valence-electron chi connectivity index (χ3n) is 4.45. The molecule has 2 aliphatic heterocycles. The monoisotopic (exact) mass is 353 g/mol. The normalized spacial score (nSPS) is 23.0. The van der Waals surface area contributed by atoms with E-state index in [9.17, 15) is 19.6 Å². The van der Waals surface area contributed by atoms with Gasteiger partial charge in [-0.1, -0.05) is 19.9 Å². The lowest BCUT2D eigenvalue weighted by atomic mass is 9.75. The summed E-state index contributed by atoms with van der Waals surface area (Å²) in [4.78, 5) is 28.0. The number of carbonyl (C=O) groups excluding carboxylic acids is 2. The van der Waals surface area contributed by atoms with Crippen molar-refractivity contribution in [3.05, 3.63) is 12.3 Å². The lowest BCUT2D eigenvalue weighted by molar-refractivity contribution is -0.135. The lowest BCUT2D eigenvalue weighted by Crippen LogP contribution is -2.51. The van der Waals surface area contributed by atoms with E-state index in [1.807, 2.05) is 19.9 Å². The zero-order valence-corrected chi connectivity index (χ0v) is 14.9. The Balaban J connectivity index is 1.87. The number of hydrogen-bond acceptors (Lipinski definition) is 6. The van der Waals surface area contributed by atoms with Gasteiger partial charge in [0.05, 0.1) is 19.2 Å². The maximum Gasteiger partial charge on any atom is 0.475 e. The van der Waals surface area contributed by atoms with Crippen LogP contribution in [0.15, 0.2) is 12.3 Å². The lowest BCUT2D eigenvalue weighted by Gasteiger charge is -2.35. The van der Waals surface area contributed by atoms with Crippen molar-refractivity contribution in [3.8, 4) is 0 Å². The molecule has 0 bridgehead atoms. The quantitative estimate of drug-likeness (QED) is 0.506. The molecule has 0 radical (unpaired) electrons. The highest BCUT2D eigenvalue weighted by atomic mass is 16.5. The Morgan fingerprint density at radius 1 is 1.40 bits per heavy atom. The number of hydrogen-bond donors (Lipinski definition) is 3. The summed E-state index contributed by atoms with van der Waals surface area (Å²) < 4.78 is 5.32. The molecule has 1 saturated heterocycles. The van der Waals surface area contributed by atoms with Crippen LogP contribution >= 0.6 is 0 Å². The summed E-state index contributed by atoms with van der Waals surface area (Å²) in [6.07, 6.45) is 4.37. The van der Waals surface area contributed by atoms with Crippen molar-refractivity contribution < 1.29 is 24.4 Å². The van der Waals surface area contributed by atoms with Gasteiger partial charge in [-0.2, -0.15) is 0 Å². The van der Waals surface area contributed by atoms with Gasteiger partial charge >= 0.3 is 7.12 Å². The molecule has 0 saturated carbocycles. The molecule has 2 heterocycles. The Bertz CT molecular complexity index is 494. The Kier molecular flexibility index (Phi) is 7.43. The second-order valence-corrected chi connectivity index (χ2v) is 7.00. The summed E-state index contributed by atoms with van der Waals surface area (Å²) in [5, 5.41) is 21.4. The van der Waals surface area contributed by atoms with Gasteiger partial charge in [0.25, 0.3) is 0 Å². The maximum absolute atomic E-state index is 12.3. The van der Waals surface area contributed by atoms with Gasteiger partial charge in [0.2, 0.25) is 11.8 Å². The van der Waals surface area contributed by atoms with Crippen LogP contribution in [-0.4, -0.2) is 83.6 Å². The summed E-state index contributed by atoms with van der Waals surface area (Å²) in [6.45, 7) is 6.69. The standard InChI is InChI=1S/C16H28BN3O5/c1-12(2)9-14(17(23)24)18-15(21)11-20-4-3-13(10-16(20)22)19-5-7-25-8-6-19/h3-4,12-14,23-24H,5-11H2,1-2H3,(H,18,21)/t13?,14-/m0/s1. The molecule has 9 heteroatoms. The second-order valence-electron chi connectivity index (χ2n) is 7.00. The summed E-state index contributed by atoms with van der Waals surface area (Å²) in [6, 6.07) is 0.0451. The van der Waals surface area contributed by atoms with Crippen LogP contribution in [0.25, 0.3) is 0 Å². The summed E-state index contributed by atoms with van der Waals surface area (Å²) in [5.74, 6) is -1.05. The fourth-order valence-corrected chi connectivity index (χ4v) is 3.12. The first kappa shape index (κ1) is 19.9. The summed E-state index contributed by atoms with van der Waals surface area (Å²) in [7, 11) is -1.62. The summed E-state index contributed by atoms with van der Waals surface area (Å²) >= 11 is 0. The first-order valence-corrected chi connectivity index (χ1v) is 8.82. The molecule has 2 atom stereocenters. The predicted molar refractivity (Wildman–Crippen MR) is 93.2 cm³/mol. The van der Waals surface area contributed by atoms with Crippen LogP contribution in [0.5, 0.6) is 0 Å². The Labute approximate surface area is 148 Å². The van der Waals surface area contributed by atoms with Crippen LogP contribution in [0, 0.1) is 5.92 Å². The molecule has 0 aliphatic carbocycles. The second kappa shape index (κ2) is 9.33. The zero-order chi connectivity index (χ0) is 18.4. The minimum atomic E-state index is -1.62. The fourth-order valence-electron chi connectivity index (χ4n) is 3.12. The molecule has 2 rings (SSSR count). The topological polar surface area (TPSA) is 102 Å². The van der Waals surface area contributed by atoms with Crippen molar-refractivity contribution >= 4 is 18.9 Å². The number of nitrogens with one attached hydrogen (secondary N) is 1. The number of ether oxygens (including phenoxy) is 1. The van der Waals surface area contributed by atoms with Crippen LogP contribution < -0.4 is 5.32 Å². The van der Waals surface area contributed by atoms with Crippen LogP contribution in [0.2, 0.25) is 0 Å². The largest absolute Gasteiger partial charge is 0.475 e. The van der Waals surface area contributed by atoms with Crippen molar-refractivity contribution in [2.24, 2.45) is 5.92 Å². The van der Waals surface area contributed by atoms with Crippen molar-refractivity contribution in [2.45, 2.75) is 38.7 Å². The van der Waals surface area contributed by atoms with Gasteiger partial charge < -0.3 is 25.0 Å². The first-order chi connectivity index (χ1) is 11.9. The average Bonchev–Trinajstić information content (AvgIpc) is 2.56. The first-order valence-electron chi connectivity index (χ1n) is 8.82. The molecule has 2 aliphatic rings. The molecule has 1 unspecified atom stereocenters. The van der Waals surface area contributed by atoms with Gasteiger partial charge in [-0.15, -0.1) is 0 Å². The van der Waals surface area contributed by atoms with E-state index >= 15 is 0 Å². The molecule has 0 aromatic rings.